The van der Waals surface area contributed by atoms with Crippen LogP contribution in [0.5, 0.6) is 11.6 Å². The van der Waals surface area contributed by atoms with Crippen LogP contribution in [0.3, 0.4) is 0 Å². The van der Waals surface area contributed by atoms with E-state index < -0.39 is 6.09 Å². The Morgan fingerprint density at radius 2 is 1.42 bits per heavy atom. The minimum Gasteiger partial charge on any atom is -0.479 e. The zero-order valence-corrected chi connectivity index (χ0v) is 28.3. The standard InChI is InChI=1S/C37H45N5O8/c38-10-13-47-30-8-6-29(7-9-30)33-40-32-5-2-1-4-31(32)34(41-33)48-12-3-11-39-35(43)49-18-16-45-14-15-46-17-19-50-36(44)42-37-23-26-20-27(24-37)22-28(21-26)25-37/h1-2,4-9,26-28H,3,11-25H2,(H,39,43)(H,42,44). The average Bonchev–Trinajstić information content (AvgIpc) is 3.10. The molecule has 4 saturated carbocycles. The molecule has 1 aromatic heterocycles. The molecule has 4 fully saturated rings. The lowest BCUT2D eigenvalue weighted by molar-refractivity contribution is -0.0219. The number of nitrogens with one attached hydrogen (secondary N) is 2. The number of carbonyl (C=O) groups is 2. The van der Waals surface area contributed by atoms with Gasteiger partial charge in [-0.25, -0.2) is 14.6 Å². The summed E-state index contributed by atoms with van der Waals surface area (Å²) in [6.07, 6.45) is 6.92. The summed E-state index contributed by atoms with van der Waals surface area (Å²) >= 11 is 0. The van der Waals surface area contributed by atoms with Gasteiger partial charge in [0.25, 0.3) is 0 Å². The van der Waals surface area contributed by atoms with Crippen molar-refractivity contribution in [3.05, 3.63) is 48.5 Å². The second-order valence-corrected chi connectivity index (χ2v) is 13.3. The molecule has 0 aliphatic heterocycles. The summed E-state index contributed by atoms with van der Waals surface area (Å²) in [5, 5.41) is 15.4. The molecule has 2 amide bonds. The molecule has 266 valence electrons. The third kappa shape index (κ3) is 9.73. The van der Waals surface area contributed by atoms with E-state index >= 15 is 0 Å². The number of carbonyl (C=O) groups excluding carboxylic acids is 2. The van der Waals surface area contributed by atoms with E-state index in [4.69, 9.17) is 33.7 Å². The first-order chi connectivity index (χ1) is 24.5. The van der Waals surface area contributed by atoms with E-state index in [0.29, 0.717) is 56.8 Å². The lowest BCUT2D eigenvalue weighted by Gasteiger charge is -2.56. The summed E-state index contributed by atoms with van der Waals surface area (Å²) in [6.45, 7) is 2.17. The number of rotatable bonds is 18. The fraction of sp³-hybridized carbons (Fsp3) is 0.541. The normalized spacial score (nSPS) is 21.7. The molecule has 4 aliphatic carbocycles. The largest absolute Gasteiger partial charge is 0.479 e. The van der Waals surface area contributed by atoms with Crippen LogP contribution in [-0.4, -0.2) is 87.1 Å². The highest BCUT2D eigenvalue weighted by Gasteiger charge is 2.51. The Bertz CT molecular complexity index is 1590. The predicted octanol–water partition coefficient (Wildman–Crippen LogP) is 5.42. The van der Waals surface area contributed by atoms with E-state index in [1.165, 1.54) is 19.3 Å². The van der Waals surface area contributed by atoms with E-state index in [1.807, 2.05) is 42.5 Å². The Labute approximate surface area is 291 Å². The number of hydrogen-bond donors (Lipinski definition) is 2. The van der Waals surface area contributed by atoms with E-state index in [1.54, 1.807) is 12.1 Å². The Hall–Kier alpha value is -4.67. The van der Waals surface area contributed by atoms with Gasteiger partial charge in [-0.2, -0.15) is 10.2 Å². The van der Waals surface area contributed by atoms with Gasteiger partial charge in [-0.1, -0.05) is 12.1 Å². The van der Waals surface area contributed by atoms with Crippen molar-refractivity contribution in [2.75, 3.05) is 59.4 Å². The molecule has 7 rings (SSSR count). The highest BCUT2D eigenvalue weighted by molar-refractivity contribution is 5.85. The molecule has 3 aromatic rings. The monoisotopic (exact) mass is 687 g/mol. The molecule has 4 bridgehead atoms. The number of aromatic nitrogens is 2. The van der Waals surface area contributed by atoms with Crippen LogP contribution in [0.2, 0.25) is 0 Å². The van der Waals surface area contributed by atoms with Crippen LogP contribution in [0.4, 0.5) is 9.59 Å². The number of nitriles is 1. The van der Waals surface area contributed by atoms with E-state index in [0.717, 1.165) is 53.5 Å². The first kappa shape index (κ1) is 35.2. The predicted molar refractivity (Wildman–Crippen MR) is 183 cm³/mol. The van der Waals surface area contributed by atoms with Gasteiger partial charge in [0.15, 0.2) is 12.4 Å². The third-order valence-electron chi connectivity index (χ3n) is 9.51. The first-order valence-corrected chi connectivity index (χ1v) is 17.5. The number of para-hydroxylation sites is 1. The number of benzene rings is 2. The molecule has 13 nitrogen and oxygen atoms in total. The third-order valence-corrected chi connectivity index (χ3v) is 9.51. The van der Waals surface area contributed by atoms with Gasteiger partial charge in [-0.05, 0) is 99.1 Å². The summed E-state index contributed by atoms with van der Waals surface area (Å²) in [5.41, 5.74) is 1.47. The van der Waals surface area contributed by atoms with Gasteiger partial charge in [0, 0.05) is 17.6 Å². The van der Waals surface area contributed by atoms with Crippen molar-refractivity contribution in [1.29, 1.82) is 5.26 Å². The topological polar surface area (TPSA) is 163 Å². The smallest absolute Gasteiger partial charge is 0.407 e. The van der Waals surface area contributed by atoms with Gasteiger partial charge in [0.2, 0.25) is 5.88 Å². The number of hydrogen-bond acceptors (Lipinski definition) is 11. The highest BCUT2D eigenvalue weighted by atomic mass is 16.6. The van der Waals surface area contributed by atoms with Crippen LogP contribution in [-0.2, 0) is 18.9 Å². The maximum atomic E-state index is 12.4. The highest BCUT2D eigenvalue weighted by Crippen LogP contribution is 2.55. The fourth-order valence-corrected chi connectivity index (χ4v) is 7.81. The van der Waals surface area contributed by atoms with Crippen molar-refractivity contribution >= 4 is 23.1 Å². The summed E-state index contributed by atoms with van der Waals surface area (Å²) in [4.78, 5) is 33.8. The molecule has 1 heterocycles. The minimum atomic E-state index is -0.536. The van der Waals surface area contributed by atoms with Crippen LogP contribution in [0.25, 0.3) is 22.3 Å². The number of nitrogens with zero attached hydrogens (tertiary/aromatic N) is 3. The van der Waals surface area contributed by atoms with E-state index in [2.05, 4.69) is 20.6 Å². The lowest BCUT2D eigenvalue weighted by Crippen LogP contribution is -2.59. The average molecular weight is 688 g/mol. The minimum absolute atomic E-state index is 0.0247. The molecule has 4 aliphatic rings. The lowest BCUT2D eigenvalue weighted by atomic mass is 9.53. The maximum absolute atomic E-state index is 12.4. The van der Waals surface area contributed by atoms with Crippen molar-refractivity contribution < 1.29 is 38.0 Å². The van der Waals surface area contributed by atoms with Gasteiger partial charge >= 0.3 is 12.2 Å². The van der Waals surface area contributed by atoms with Gasteiger partial charge in [0.05, 0.1) is 43.9 Å². The molecule has 0 unspecified atom stereocenters. The molecule has 0 saturated heterocycles. The van der Waals surface area contributed by atoms with Crippen LogP contribution < -0.4 is 20.1 Å². The van der Waals surface area contributed by atoms with Crippen LogP contribution in [0.15, 0.2) is 48.5 Å². The molecule has 50 heavy (non-hydrogen) atoms. The number of alkyl carbamates (subject to hydrolysis) is 2. The van der Waals surface area contributed by atoms with Crippen molar-refractivity contribution in [3.8, 4) is 29.1 Å². The summed E-state index contributed by atoms with van der Waals surface area (Å²) in [5.74, 6) is 3.83. The van der Waals surface area contributed by atoms with Crippen molar-refractivity contribution in [2.24, 2.45) is 17.8 Å². The Morgan fingerprint density at radius 1 is 0.780 bits per heavy atom. The quantitative estimate of drug-likeness (QED) is 0.164. The first-order valence-electron chi connectivity index (χ1n) is 17.5. The molecular weight excluding hydrogens is 642 g/mol. The SMILES string of the molecule is N#CCOc1ccc(-c2nc(OCCCNC(=O)OCCOCCOCCOC(=O)NC34CC5CC(CC(C5)C3)C4)c3ccccc3n2)cc1. The summed E-state index contributed by atoms with van der Waals surface area (Å²) in [7, 11) is 0. The number of fused-ring (bicyclic) bond motifs is 1. The van der Waals surface area contributed by atoms with Gasteiger partial charge < -0.3 is 39.1 Å². The van der Waals surface area contributed by atoms with Crippen molar-refractivity contribution in [3.63, 3.8) is 0 Å². The Kier molecular flexibility index (Phi) is 12.2. The van der Waals surface area contributed by atoms with Crippen LogP contribution in [0, 0.1) is 29.1 Å². The van der Waals surface area contributed by atoms with Crippen LogP contribution >= 0.6 is 0 Å². The molecule has 2 N–H and O–H groups in total. The van der Waals surface area contributed by atoms with E-state index in [9.17, 15) is 9.59 Å². The van der Waals surface area contributed by atoms with Crippen LogP contribution in [0.1, 0.15) is 44.9 Å². The van der Waals surface area contributed by atoms with Crippen molar-refractivity contribution in [1.82, 2.24) is 20.6 Å². The fourth-order valence-electron chi connectivity index (χ4n) is 7.81. The molecule has 0 radical (unpaired) electrons. The number of ether oxygens (including phenoxy) is 6. The summed E-state index contributed by atoms with van der Waals surface area (Å²) in [6, 6.07) is 16.7. The zero-order chi connectivity index (χ0) is 34.6. The zero-order valence-electron chi connectivity index (χ0n) is 28.3. The second-order valence-electron chi connectivity index (χ2n) is 13.3. The summed E-state index contributed by atoms with van der Waals surface area (Å²) < 4.78 is 32.8. The van der Waals surface area contributed by atoms with Gasteiger partial charge in [-0.3, -0.25) is 0 Å². The Balaban J connectivity index is 0.789. The molecule has 0 spiro atoms. The Morgan fingerprint density at radius 3 is 2.10 bits per heavy atom. The molecular formula is C37H45N5O8. The van der Waals surface area contributed by atoms with Gasteiger partial charge in [0.1, 0.15) is 25.0 Å². The number of amides is 2. The molecule has 2 aromatic carbocycles. The molecule has 13 heteroatoms. The molecule has 0 atom stereocenters. The second kappa shape index (κ2) is 17.3. The van der Waals surface area contributed by atoms with E-state index in [-0.39, 0.29) is 38.1 Å². The van der Waals surface area contributed by atoms with Gasteiger partial charge in [-0.15, -0.1) is 0 Å². The van der Waals surface area contributed by atoms with Crippen molar-refractivity contribution in [2.45, 2.75) is 50.5 Å². The maximum Gasteiger partial charge on any atom is 0.407 e.